The van der Waals surface area contributed by atoms with Crippen LogP contribution in [0.15, 0.2) is 35.5 Å². The number of ketones is 1. The number of methoxy groups -OCH3 is 2. The molecule has 1 N–H and O–H groups in total. The van der Waals surface area contributed by atoms with Crippen molar-refractivity contribution in [3.8, 4) is 0 Å². The van der Waals surface area contributed by atoms with Gasteiger partial charge in [-0.25, -0.2) is 4.79 Å². The molecular weight excluding hydrogens is 372 g/mol. The number of nitrogens with zero attached hydrogens (tertiary/aromatic N) is 1. The number of fused-ring (bicyclic) bond motifs is 1. The number of esters is 1. The Morgan fingerprint density at radius 3 is 2.69 bits per heavy atom. The van der Waals surface area contributed by atoms with Crippen molar-refractivity contribution in [3.63, 3.8) is 0 Å². The lowest BCUT2D eigenvalue weighted by atomic mass is 9.62. The quantitative estimate of drug-likeness (QED) is 0.764. The lowest BCUT2D eigenvalue weighted by Crippen LogP contribution is -2.54. The van der Waals surface area contributed by atoms with E-state index in [1.807, 2.05) is 29.2 Å². The molecule has 1 aliphatic carbocycles. The van der Waals surface area contributed by atoms with Crippen molar-refractivity contribution in [1.82, 2.24) is 4.90 Å². The van der Waals surface area contributed by atoms with Gasteiger partial charge in [-0.05, 0) is 31.4 Å². The van der Waals surface area contributed by atoms with E-state index in [0.717, 1.165) is 16.9 Å². The summed E-state index contributed by atoms with van der Waals surface area (Å²) >= 11 is 0. The Morgan fingerprint density at radius 1 is 1.24 bits per heavy atom. The summed E-state index contributed by atoms with van der Waals surface area (Å²) in [6.45, 7) is 2.42. The van der Waals surface area contributed by atoms with Crippen LogP contribution in [-0.2, 0) is 29.3 Å². The van der Waals surface area contributed by atoms with Gasteiger partial charge in [0, 0.05) is 31.0 Å². The van der Waals surface area contributed by atoms with Gasteiger partial charge in [0.15, 0.2) is 0 Å². The smallest absolute Gasteiger partial charge is 0.335 e. The van der Waals surface area contributed by atoms with Crippen LogP contribution in [0.2, 0.25) is 0 Å². The number of Topliss-reactive ketones (excluding diaryl/α,β-unsaturated/α-hetero) is 1. The van der Waals surface area contributed by atoms with E-state index in [1.165, 1.54) is 7.11 Å². The summed E-state index contributed by atoms with van der Waals surface area (Å²) < 4.78 is 10.1. The molecule has 2 heterocycles. The molecule has 7 heteroatoms. The van der Waals surface area contributed by atoms with Crippen LogP contribution in [0.4, 0.5) is 5.69 Å². The number of nitrogens with one attached hydrogen (secondary N) is 1. The van der Waals surface area contributed by atoms with Crippen LogP contribution in [0.25, 0.3) is 0 Å². The fraction of sp³-hybridized carbons (Fsp3) is 0.500. The minimum Gasteiger partial charge on any atom is -0.466 e. The van der Waals surface area contributed by atoms with Gasteiger partial charge in [0.25, 0.3) is 0 Å². The van der Waals surface area contributed by atoms with Crippen molar-refractivity contribution in [3.05, 3.63) is 41.1 Å². The highest BCUT2D eigenvalue weighted by atomic mass is 16.5. The molecule has 1 saturated heterocycles. The van der Waals surface area contributed by atoms with E-state index in [2.05, 4.69) is 5.32 Å². The second-order valence-electron chi connectivity index (χ2n) is 7.93. The van der Waals surface area contributed by atoms with Crippen molar-refractivity contribution in [2.24, 2.45) is 5.92 Å². The Balaban J connectivity index is 1.90. The summed E-state index contributed by atoms with van der Waals surface area (Å²) in [5.74, 6) is -0.931. The van der Waals surface area contributed by atoms with Crippen molar-refractivity contribution in [2.75, 3.05) is 32.7 Å². The molecule has 4 rings (SSSR count). The van der Waals surface area contributed by atoms with Gasteiger partial charge >= 0.3 is 5.97 Å². The van der Waals surface area contributed by atoms with Gasteiger partial charge in [-0.2, -0.15) is 0 Å². The van der Waals surface area contributed by atoms with Crippen LogP contribution >= 0.6 is 0 Å². The molecule has 0 bridgehead atoms. The zero-order valence-corrected chi connectivity index (χ0v) is 17.0. The average molecular weight is 398 g/mol. The van der Waals surface area contributed by atoms with E-state index in [-0.39, 0.29) is 30.6 Å². The Bertz CT molecular complexity index is 908. The molecular formula is C22H26N2O5. The Labute approximate surface area is 170 Å². The minimum atomic E-state index is -0.600. The van der Waals surface area contributed by atoms with Crippen molar-refractivity contribution in [1.29, 1.82) is 0 Å². The predicted octanol–water partition coefficient (Wildman–Crippen LogP) is 2.02. The number of rotatable bonds is 5. The van der Waals surface area contributed by atoms with Crippen LogP contribution < -0.4 is 5.32 Å². The molecule has 1 spiro atoms. The number of para-hydroxylation sites is 1. The van der Waals surface area contributed by atoms with E-state index in [4.69, 9.17) is 9.47 Å². The zero-order valence-electron chi connectivity index (χ0n) is 17.0. The van der Waals surface area contributed by atoms with E-state index in [9.17, 15) is 14.4 Å². The maximum absolute atomic E-state index is 13.0. The minimum absolute atomic E-state index is 0.0225. The molecule has 3 aliphatic rings. The third-order valence-electron chi connectivity index (χ3n) is 6.60. The van der Waals surface area contributed by atoms with Gasteiger partial charge in [-0.15, -0.1) is 0 Å². The largest absolute Gasteiger partial charge is 0.466 e. The fourth-order valence-corrected chi connectivity index (χ4v) is 5.41. The first-order valence-corrected chi connectivity index (χ1v) is 9.93. The van der Waals surface area contributed by atoms with Crippen molar-refractivity contribution >= 4 is 23.3 Å². The molecule has 0 unspecified atom stereocenters. The van der Waals surface area contributed by atoms with Crippen molar-refractivity contribution in [2.45, 2.75) is 37.6 Å². The first-order valence-electron chi connectivity index (χ1n) is 9.93. The monoisotopic (exact) mass is 398 g/mol. The molecule has 1 aromatic rings. The second kappa shape index (κ2) is 7.30. The van der Waals surface area contributed by atoms with E-state index in [1.54, 1.807) is 14.0 Å². The highest BCUT2D eigenvalue weighted by Crippen LogP contribution is 2.59. The predicted molar refractivity (Wildman–Crippen MR) is 106 cm³/mol. The van der Waals surface area contributed by atoms with Gasteiger partial charge in [-0.3, -0.25) is 9.59 Å². The summed E-state index contributed by atoms with van der Waals surface area (Å²) in [7, 11) is 2.92. The summed E-state index contributed by atoms with van der Waals surface area (Å²) in [5.41, 5.74) is 2.65. The van der Waals surface area contributed by atoms with Crippen LogP contribution in [0, 0.1) is 5.92 Å². The maximum atomic E-state index is 13.0. The lowest BCUT2D eigenvalue weighted by Gasteiger charge is -2.44. The fourth-order valence-electron chi connectivity index (χ4n) is 5.41. The third-order valence-corrected chi connectivity index (χ3v) is 6.60. The molecule has 154 valence electrons. The number of ether oxygens (including phenoxy) is 2. The summed E-state index contributed by atoms with van der Waals surface area (Å²) in [4.78, 5) is 40.2. The number of amides is 1. The second-order valence-corrected chi connectivity index (χ2v) is 7.93. The number of hydrogen-bond donors (Lipinski definition) is 1. The number of likely N-dealkylation sites (tertiary alicyclic amines) is 1. The topological polar surface area (TPSA) is 84.9 Å². The van der Waals surface area contributed by atoms with Gasteiger partial charge < -0.3 is 19.7 Å². The van der Waals surface area contributed by atoms with Gasteiger partial charge in [0.2, 0.25) is 5.91 Å². The molecule has 0 saturated carbocycles. The Morgan fingerprint density at radius 2 is 2.00 bits per heavy atom. The van der Waals surface area contributed by atoms with E-state index in [0.29, 0.717) is 25.1 Å². The van der Waals surface area contributed by atoms with Crippen LogP contribution in [0.5, 0.6) is 0 Å². The third kappa shape index (κ3) is 2.79. The standard InChI is InChI=1S/C22H26N2O5/c1-13(25)14-12-15(21(27)29-3)19-22(16-6-4-5-7-17(16)23-19)9-10-24(20(14)22)18(26)8-11-28-2/h4-7,14,20,23H,8-12H2,1-3H3/t14-,20-,22-/m1/s1. The molecule has 3 atom stereocenters. The Kier molecular flexibility index (Phi) is 4.94. The van der Waals surface area contributed by atoms with E-state index < -0.39 is 17.3 Å². The van der Waals surface area contributed by atoms with Gasteiger partial charge in [-0.1, -0.05) is 18.2 Å². The summed E-state index contributed by atoms with van der Waals surface area (Å²) in [6, 6.07) is 7.57. The molecule has 1 amide bonds. The molecule has 7 nitrogen and oxygen atoms in total. The van der Waals surface area contributed by atoms with Crippen LogP contribution in [0.1, 0.15) is 31.7 Å². The molecule has 1 fully saturated rings. The summed E-state index contributed by atoms with van der Waals surface area (Å²) in [5, 5.41) is 3.43. The number of hydrogen-bond acceptors (Lipinski definition) is 6. The van der Waals surface area contributed by atoms with Crippen LogP contribution in [-0.4, -0.2) is 56.0 Å². The number of benzene rings is 1. The molecule has 2 aliphatic heterocycles. The average Bonchev–Trinajstić information content (AvgIpc) is 3.28. The van der Waals surface area contributed by atoms with E-state index >= 15 is 0 Å². The Hall–Kier alpha value is -2.67. The molecule has 1 aromatic carbocycles. The van der Waals surface area contributed by atoms with Gasteiger partial charge in [0.05, 0.1) is 37.2 Å². The maximum Gasteiger partial charge on any atom is 0.335 e. The first-order chi connectivity index (χ1) is 14.0. The van der Waals surface area contributed by atoms with Crippen LogP contribution in [0.3, 0.4) is 0 Å². The summed E-state index contributed by atoms with van der Waals surface area (Å²) in [6.07, 6.45) is 1.19. The highest BCUT2D eigenvalue weighted by Gasteiger charge is 2.62. The number of carbonyl (C=O) groups is 3. The first kappa shape index (κ1) is 19.6. The lowest BCUT2D eigenvalue weighted by molar-refractivity contribution is -0.137. The number of carbonyl (C=O) groups excluding carboxylic acids is 3. The SMILES string of the molecule is COCCC(=O)N1CC[C@@]23C(=C(C(=O)OC)C[C@H](C(C)=O)[C@@H]12)Nc1ccccc13. The molecule has 0 aromatic heterocycles. The molecule has 0 radical (unpaired) electrons. The molecule has 29 heavy (non-hydrogen) atoms. The number of anilines is 1. The highest BCUT2D eigenvalue weighted by molar-refractivity contribution is 5.95. The zero-order chi connectivity index (χ0) is 20.8. The normalized spacial score (nSPS) is 27.1. The van der Waals surface area contributed by atoms with Gasteiger partial charge in [0.1, 0.15) is 5.78 Å². The van der Waals surface area contributed by atoms with Crippen molar-refractivity contribution < 1.29 is 23.9 Å².